The number of rotatable bonds is 5. The van der Waals surface area contributed by atoms with Crippen LogP contribution in [0.2, 0.25) is 0 Å². The molecule has 0 saturated carbocycles. The minimum Gasteiger partial charge on any atom is -0.467 e. The summed E-state index contributed by atoms with van der Waals surface area (Å²) in [6.07, 6.45) is 1.94. The summed E-state index contributed by atoms with van der Waals surface area (Å²) in [6.45, 7) is 4.86. The zero-order valence-electron chi connectivity index (χ0n) is 11.9. The molecule has 2 rings (SSSR count). The second kappa shape index (κ2) is 6.39. The summed E-state index contributed by atoms with van der Waals surface area (Å²) in [5.74, 6) is 0.765. The molecule has 2 aromatic rings. The van der Waals surface area contributed by atoms with Gasteiger partial charge < -0.3 is 15.1 Å². The van der Waals surface area contributed by atoms with Crippen molar-refractivity contribution >= 4 is 11.6 Å². The van der Waals surface area contributed by atoms with Crippen LogP contribution in [0.5, 0.6) is 0 Å². The predicted octanol–water partition coefficient (Wildman–Crippen LogP) is 2.78. The predicted molar refractivity (Wildman–Crippen MR) is 79.5 cm³/mol. The topological polar surface area (TPSA) is 59.5 Å². The van der Waals surface area contributed by atoms with Crippen LogP contribution in [-0.4, -0.2) is 12.5 Å². The number of carbonyl (C=O) groups excluding carboxylic acids is 1. The first kappa shape index (κ1) is 14.3. The van der Waals surface area contributed by atoms with Crippen LogP contribution in [0.3, 0.4) is 0 Å². The number of hydrogen-bond donors (Lipinski definition) is 1. The van der Waals surface area contributed by atoms with Gasteiger partial charge in [0.05, 0.1) is 12.8 Å². The van der Waals surface area contributed by atoms with E-state index in [1.165, 1.54) is 5.56 Å². The standard InChI is InChI=1S/C16H20N2O2/c1-12-5-6-14(10-13(12)2)18(16(19)7-8-17)11-15-4-3-9-20-15/h3-6,9-10H,7-8,11,17H2,1-2H3. The van der Waals surface area contributed by atoms with Crippen LogP contribution >= 0.6 is 0 Å². The highest BCUT2D eigenvalue weighted by molar-refractivity contribution is 5.93. The van der Waals surface area contributed by atoms with Gasteiger partial charge in [-0.1, -0.05) is 6.07 Å². The Morgan fingerprint density at radius 1 is 1.25 bits per heavy atom. The van der Waals surface area contributed by atoms with E-state index in [4.69, 9.17) is 10.2 Å². The Balaban J connectivity index is 2.29. The Morgan fingerprint density at radius 3 is 2.65 bits per heavy atom. The summed E-state index contributed by atoms with van der Waals surface area (Å²) < 4.78 is 5.34. The van der Waals surface area contributed by atoms with Crippen molar-refractivity contribution in [1.29, 1.82) is 0 Å². The monoisotopic (exact) mass is 272 g/mol. The Labute approximate surface area is 119 Å². The fourth-order valence-corrected chi connectivity index (χ4v) is 2.03. The molecule has 1 amide bonds. The van der Waals surface area contributed by atoms with Crippen LogP contribution in [0.15, 0.2) is 41.0 Å². The van der Waals surface area contributed by atoms with Crippen LogP contribution in [0, 0.1) is 13.8 Å². The lowest BCUT2D eigenvalue weighted by Crippen LogP contribution is -2.31. The third-order valence-corrected chi connectivity index (χ3v) is 3.36. The third-order valence-electron chi connectivity index (χ3n) is 3.36. The summed E-state index contributed by atoms with van der Waals surface area (Å²) in [5.41, 5.74) is 8.75. The third kappa shape index (κ3) is 3.27. The molecule has 0 bridgehead atoms. The van der Waals surface area contributed by atoms with Gasteiger partial charge in [0, 0.05) is 18.7 Å². The highest BCUT2D eigenvalue weighted by Gasteiger charge is 2.17. The second-order valence-electron chi connectivity index (χ2n) is 4.87. The maximum Gasteiger partial charge on any atom is 0.228 e. The van der Waals surface area contributed by atoms with Crippen molar-refractivity contribution in [3.05, 3.63) is 53.5 Å². The van der Waals surface area contributed by atoms with Crippen LogP contribution in [0.1, 0.15) is 23.3 Å². The van der Waals surface area contributed by atoms with Gasteiger partial charge in [-0.25, -0.2) is 0 Å². The van der Waals surface area contributed by atoms with Crippen LogP contribution in [-0.2, 0) is 11.3 Å². The highest BCUT2D eigenvalue weighted by Crippen LogP contribution is 2.22. The highest BCUT2D eigenvalue weighted by atomic mass is 16.3. The molecule has 0 saturated heterocycles. The molecule has 4 heteroatoms. The van der Waals surface area contributed by atoms with Gasteiger partial charge >= 0.3 is 0 Å². The first-order chi connectivity index (χ1) is 9.61. The summed E-state index contributed by atoms with van der Waals surface area (Å²) in [4.78, 5) is 14.0. The molecule has 0 aliphatic heterocycles. The van der Waals surface area contributed by atoms with Crippen molar-refractivity contribution in [2.45, 2.75) is 26.8 Å². The number of carbonyl (C=O) groups is 1. The van der Waals surface area contributed by atoms with Gasteiger partial charge in [0.25, 0.3) is 0 Å². The number of amides is 1. The zero-order chi connectivity index (χ0) is 14.5. The average Bonchev–Trinajstić information content (AvgIpc) is 2.92. The van der Waals surface area contributed by atoms with Gasteiger partial charge in [-0.15, -0.1) is 0 Å². The number of nitrogens with two attached hydrogens (primary N) is 1. The number of nitrogens with zero attached hydrogens (tertiary/aromatic N) is 1. The number of hydrogen-bond acceptors (Lipinski definition) is 3. The van der Waals surface area contributed by atoms with Crippen LogP contribution in [0.25, 0.3) is 0 Å². The lowest BCUT2D eigenvalue weighted by Gasteiger charge is -2.22. The number of aryl methyl sites for hydroxylation is 2. The minimum absolute atomic E-state index is 0.00662. The molecule has 0 aliphatic rings. The number of anilines is 1. The summed E-state index contributed by atoms with van der Waals surface area (Å²) in [6, 6.07) is 9.69. The summed E-state index contributed by atoms with van der Waals surface area (Å²) >= 11 is 0. The van der Waals surface area contributed by atoms with E-state index in [-0.39, 0.29) is 5.91 Å². The SMILES string of the molecule is Cc1ccc(N(Cc2ccco2)C(=O)CCN)cc1C. The van der Waals surface area contributed by atoms with Crippen molar-refractivity contribution in [3.8, 4) is 0 Å². The molecule has 1 aromatic carbocycles. The van der Waals surface area contributed by atoms with E-state index in [1.54, 1.807) is 11.2 Å². The van der Waals surface area contributed by atoms with Crippen LogP contribution in [0.4, 0.5) is 5.69 Å². The summed E-state index contributed by atoms with van der Waals surface area (Å²) in [7, 11) is 0. The van der Waals surface area contributed by atoms with Crippen molar-refractivity contribution in [3.63, 3.8) is 0 Å². The van der Waals surface area contributed by atoms with E-state index in [0.29, 0.717) is 19.5 Å². The van der Waals surface area contributed by atoms with Crippen molar-refractivity contribution in [2.75, 3.05) is 11.4 Å². The lowest BCUT2D eigenvalue weighted by atomic mass is 10.1. The lowest BCUT2D eigenvalue weighted by molar-refractivity contribution is -0.118. The average molecular weight is 272 g/mol. The van der Waals surface area contributed by atoms with Gasteiger partial charge in [-0.2, -0.15) is 0 Å². The van der Waals surface area contributed by atoms with Crippen molar-refractivity contribution in [1.82, 2.24) is 0 Å². The largest absolute Gasteiger partial charge is 0.467 e. The van der Waals surface area contributed by atoms with Gasteiger partial charge in [-0.3, -0.25) is 4.79 Å². The van der Waals surface area contributed by atoms with Gasteiger partial charge in [0.15, 0.2) is 0 Å². The van der Waals surface area contributed by atoms with Crippen molar-refractivity contribution in [2.24, 2.45) is 5.73 Å². The molecule has 4 nitrogen and oxygen atoms in total. The van der Waals surface area contributed by atoms with E-state index >= 15 is 0 Å². The fourth-order valence-electron chi connectivity index (χ4n) is 2.03. The summed E-state index contributed by atoms with van der Waals surface area (Å²) in [5, 5.41) is 0. The van der Waals surface area contributed by atoms with E-state index < -0.39 is 0 Å². The Bertz CT molecular complexity index is 576. The maximum atomic E-state index is 12.3. The number of benzene rings is 1. The molecule has 0 spiro atoms. The molecule has 0 atom stereocenters. The molecular weight excluding hydrogens is 252 g/mol. The Hall–Kier alpha value is -2.07. The molecule has 0 fully saturated rings. The molecule has 1 aromatic heterocycles. The normalized spacial score (nSPS) is 10.6. The molecule has 0 unspecified atom stereocenters. The maximum absolute atomic E-state index is 12.3. The first-order valence-corrected chi connectivity index (χ1v) is 6.72. The Kier molecular flexibility index (Phi) is 4.58. The molecular formula is C16H20N2O2. The molecule has 106 valence electrons. The molecule has 0 radical (unpaired) electrons. The quantitative estimate of drug-likeness (QED) is 0.910. The molecule has 2 N–H and O–H groups in total. The number of furan rings is 1. The first-order valence-electron chi connectivity index (χ1n) is 6.72. The van der Waals surface area contributed by atoms with Gasteiger partial charge in [-0.05, 0) is 49.2 Å². The fraction of sp³-hybridized carbons (Fsp3) is 0.312. The Morgan fingerprint density at radius 2 is 2.05 bits per heavy atom. The van der Waals surface area contributed by atoms with E-state index in [2.05, 4.69) is 6.92 Å². The van der Waals surface area contributed by atoms with Gasteiger partial charge in [0.2, 0.25) is 5.91 Å². The van der Waals surface area contributed by atoms with Gasteiger partial charge in [0.1, 0.15) is 5.76 Å². The second-order valence-corrected chi connectivity index (χ2v) is 4.87. The smallest absolute Gasteiger partial charge is 0.228 e. The molecule has 20 heavy (non-hydrogen) atoms. The van der Waals surface area contributed by atoms with E-state index in [9.17, 15) is 4.79 Å². The van der Waals surface area contributed by atoms with E-state index in [1.807, 2.05) is 37.3 Å². The van der Waals surface area contributed by atoms with Crippen LogP contribution < -0.4 is 10.6 Å². The molecule has 1 heterocycles. The van der Waals surface area contributed by atoms with Crippen molar-refractivity contribution < 1.29 is 9.21 Å². The minimum atomic E-state index is 0.00662. The zero-order valence-corrected chi connectivity index (χ0v) is 11.9. The molecule has 0 aliphatic carbocycles. The van der Waals surface area contributed by atoms with E-state index in [0.717, 1.165) is 17.0 Å².